The molecule has 0 atom stereocenters. The molecule has 2 heterocycles. The summed E-state index contributed by atoms with van der Waals surface area (Å²) in [5.41, 5.74) is 4.20. The Labute approximate surface area is 220 Å². The Morgan fingerprint density at radius 2 is 1.73 bits per heavy atom. The van der Waals surface area contributed by atoms with E-state index in [2.05, 4.69) is 5.32 Å². The zero-order chi connectivity index (χ0) is 26.7. The van der Waals surface area contributed by atoms with Crippen molar-refractivity contribution >= 4 is 46.9 Å². The van der Waals surface area contributed by atoms with Gasteiger partial charge in [-0.1, -0.05) is 6.07 Å². The van der Waals surface area contributed by atoms with Crippen molar-refractivity contribution in [1.82, 2.24) is 9.88 Å². The standard InChI is InChI=1S/C28H27N3O5S/c1-5-35-23-9-7-8-22(16-23)31-26(33)24(25(32)29-28(31)37)15-20-14-17(3)30(18(20)4)21-12-10-19(11-13-21)27(34)36-6-2/h7-16H,5-6H2,1-4H3,(H,29,32,37)/b24-15+. The second kappa shape index (κ2) is 10.8. The first-order chi connectivity index (χ1) is 17.7. The van der Waals surface area contributed by atoms with Gasteiger partial charge >= 0.3 is 5.97 Å². The van der Waals surface area contributed by atoms with E-state index < -0.39 is 11.8 Å². The first-order valence-electron chi connectivity index (χ1n) is 11.9. The van der Waals surface area contributed by atoms with Crippen LogP contribution in [0.15, 0.2) is 60.2 Å². The van der Waals surface area contributed by atoms with Crippen LogP contribution in [0, 0.1) is 13.8 Å². The summed E-state index contributed by atoms with van der Waals surface area (Å²) in [6, 6.07) is 15.9. The summed E-state index contributed by atoms with van der Waals surface area (Å²) in [5, 5.41) is 2.63. The third-order valence-corrected chi connectivity index (χ3v) is 6.18. The van der Waals surface area contributed by atoms with E-state index in [9.17, 15) is 14.4 Å². The summed E-state index contributed by atoms with van der Waals surface area (Å²) in [5.74, 6) is -0.867. The van der Waals surface area contributed by atoms with Gasteiger partial charge < -0.3 is 14.0 Å². The highest BCUT2D eigenvalue weighted by Crippen LogP contribution is 2.28. The number of hydrogen-bond donors (Lipinski definition) is 1. The number of thiocarbonyl (C=S) groups is 1. The minimum atomic E-state index is -0.559. The summed E-state index contributed by atoms with van der Waals surface area (Å²) in [7, 11) is 0. The van der Waals surface area contributed by atoms with Gasteiger partial charge in [0, 0.05) is 23.1 Å². The van der Waals surface area contributed by atoms with E-state index in [1.165, 1.54) is 4.90 Å². The number of hydrogen-bond acceptors (Lipinski definition) is 6. The monoisotopic (exact) mass is 517 g/mol. The number of carbonyl (C=O) groups excluding carboxylic acids is 3. The van der Waals surface area contributed by atoms with E-state index in [1.54, 1.807) is 49.4 Å². The average molecular weight is 518 g/mol. The van der Waals surface area contributed by atoms with Crippen molar-refractivity contribution in [2.75, 3.05) is 18.1 Å². The highest BCUT2D eigenvalue weighted by atomic mass is 32.1. The van der Waals surface area contributed by atoms with Crippen molar-refractivity contribution < 1.29 is 23.9 Å². The smallest absolute Gasteiger partial charge is 0.338 e. The molecule has 1 aromatic heterocycles. The van der Waals surface area contributed by atoms with Crippen LogP contribution in [0.4, 0.5) is 5.69 Å². The van der Waals surface area contributed by atoms with Crippen LogP contribution < -0.4 is 15.0 Å². The minimum Gasteiger partial charge on any atom is -0.494 e. The van der Waals surface area contributed by atoms with E-state index in [4.69, 9.17) is 21.7 Å². The number of benzene rings is 2. The van der Waals surface area contributed by atoms with E-state index >= 15 is 0 Å². The molecule has 4 rings (SSSR count). The highest BCUT2D eigenvalue weighted by molar-refractivity contribution is 7.80. The Morgan fingerprint density at radius 1 is 1.00 bits per heavy atom. The quantitative estimate of drug-likeness (QED) is 0.215. The number of anilines is 1. The number of esters is 1. The maximum Gasteiger partial charge on any atom is 0.338 e. The molecule has 37 heavy (non-hydrogen) atoms. The number of carbonyl (C=O) groups is 3. The summed E-state index contributed by atoms with van der Waals surface area (Å²) in [6.45, 7) is 8.24. The third kappa shape index (κ3) is 5.17. The van der Waals surface area contributed by atoms with Gasteiger partial charge in [-0.3, -0.25) is 19.8 Å². The molecule has 1 aliphatic rings. The maximum absolute atomic E-state index is 13.5. The van der Waals surface area contributed by atoms with Crippen molar-refractivity contribution in [2.24, 2.45) is 0 Å². The lowest BCUT2D eigenvalue weighted by Gasteiger charge is -2.29. The van der Waals surface area contributed by atoms with Crippen LogP contribution in [0.2, 0.25) is 0 Å². The van der Waals surface area contributed by atoms with Gasteiger partial charge in [0.1, 0.15) is 11.3 Å². The van der Waals surface area contributed by atoms with Crippen molar-refractivity contribution in [3.8, 4) is 11.4 Å². The number of ether oxygens (including phenoxy) is 2. The summed E-state index contributed by atoms with van der Waals surface area (Å²) in [4.78, 5) is 39.5. The minimum absolute atomic E-state index is 0.00737. The van der Waals surface area contributed by atoms with Gasteiger partial charge in [-0.25, -0.2) is 4.79 Å². The Morgan fingerprint density at radius 3 is 2.41 bits per heavy atom. The molecule has 0 unspecified atom stereocenters. The first kappa shape index (κ1) is 25.8. The lowest BCUT2D eigenvalue weighted by atomic mass is 10.1. The SMILES string of the molecule is CCOC(=O)c1ccc(-n2c(C)cc(/C=C3\C(=O)NC(=S)N(c4cccc(OCC)c4)C3=O)c2C)cc1. The second-order valence-electron chi connectivity index (χ2n) is 8.32. The normalized spacial score (nSPS) is 14.6. The molecular formula is C28H27N3O5S. The van der Waals surface area contributed by atoms with Crippen LogP contribution in [0.5, 0.6) is 5.75 Å². The molecule has 1 saturated heterocycles. The van der Waals surface area contributed by atoms with E-state index in [1.807, 2.05) is 43.5 Å². The number of aromatic nitrogens is 1. The Kier molecular flexibility index (Phi) is 7.54. The summed E-state index contributed by atoms with van der Waals surface area (Å²) >= 11 is 5.32. The fourth-order valence-electron chi connectivity index (χ4n) is 4.22. The Hall–Kier alpha value is -4.24. The molecule has 0 saturated carbocycles. The summed E-state index contributed by atoms with van der Waals surface area (Å²) in [6.07, 6.45) is 1.57. The fourth-order valence-corrected chi connectivity index (χ4v) is 4.50. The number of rotatable bonds is 7. The number of nitrogens with one attached hydrogen (secondary N) is 1. The molecular weight excluding hydrogens is 490 g/mol. The summed E-state index contributed by atoms with van der Waals surface area (Å²) < 4.78 is 12.6. The van der Waals surface area contributed by atoms with Crippen LogP contribution in [0.3, 0.4) is 0 Å². The molecule has 1 N–H and O–H groups in total. The van der Waals surface area contributed by atoms with Gasteiger partial charge in [0.2, 0.25) is 0 Å². The van der Waals surface area contributed by atoms with Crippen molar-refractivity contribution in [2.45, 2.75) is 27.7 Å². The number of nitrogens with zero attached hydrogens (tertiary/aromatic N) is 2. The Bertz CT molecular complexity index is 1420. The molecule has 1 aliphatic heterocycles. The van der Waals surface area contributed by atoms with Crippen LogP contribution in [-0.4, -0.2) is 40.7 Å². The molecule has 2 amide bonds. The topological polar surface area (TPSA) is 89.9 Å². The van der Waals surface area contributed by atoms with Crippen LogP contribution >= 0.6 is 12.2 Å². The van der Waals surface area contributed by atoms with Gasteiger partial charge in [-0.15, -0.1) is 0 Å². The fraction of sp³-hybridized carbons (Fsp3) is 0.214. The predicted octanol–water partition coefficient (Wildman–Crippen LogP) is 4.50. The number of amides is 2. The Balaban J connectivity index is 1.68. The van der Waals surface area contributed by atoms with Crippen molar-refractivity contribution in [1.29, 1.82) is 0 Å². The zero-order valence-corrected chi connectivity index (χ0v) is 21.8. The number of aryl methyl sites for hydroxylation is 1. The second-order valence-corrected chi connectivity index (χ2v) is 8.70. The van der Waals surface area contributed by atoms with Crippen LogP contribution in [0.1, 0.15) is 41.2 Å². The molecule has 9 heteroatoms. The predicted molar refractivity (Wildman–Crippen MR) is 145 cm³/mol. The van der Waals surface area contributed by atoms with Gasteiger partial charge in [-0.05, 0) is 94.0 Å². The molecule has 0 radical (unpaired) electrons. The van der Waals surface area contributed by atoms with Crippen LogP contribution in [0.25, 0.3) is 11.8 Å². The van der Waals surface area contributed by atoms with Crippen molar-refractivity contribution in [3.05, 3.63) is 82.7 Å². The molecule has 190 valence electrons. The van der Waals surface area contributed by atoms with E-state index in [0.717, 1.165) is 17.1 Å². The van der Waals surface area contributed by atoms with E-state index in [0.29, 0.717) is 35.8 Å². The largest absolute Gasteiger partial charge is 0.494 e. The van der Waals surface area contributed by atoms with Gasteiger partial charge in [-0.2, -0.15) is 0 Å². The third-order valence-electron chi connectivity index (χ3n) is 5.90. The lowest BCUT2D eigenvalue weighted by Crippen LogP contribution is -2.54. The molecule has 8 nitrogen and oxygen atoms in total. The maximum atomic E-state index is 13.5. The zero-order valence-electron chi connectivity index (χ0n) is 21.0. The highest BCUT2D eigenvalue weighted by Gasteiger charge is 2.35. The lowest BCUT2D eigenvalue weighted by molar-refractivity contribution is -0.122. The van der Waals surface area contributed by atoms with Gasteiger partial charge in [0.25, 0.3) is 11.8 Å². The van der Waals surface area contributed by atoms with Gasteiger partial charge in [0.05, 0.1) is 24.5 Å². The molecule has 0 aliphatic carbocycles. The average Bonchev–Trinajstić information content (AvgIpc) is 3.15. The van der Waals surface area contributed by atoms with Crippen molar-refractivity contribution in [3.63, 3.8) is 0 Å². The van der Waals surface area contributed by atoms with E-state index in [-0.39, 0.29) is 16.7 Å². The molecule has 2 aromatic carbocycles. The van der Waals surface area contributed by atoms with Gasteiger partial charge in [0.15, 0.2) is 5.11 Å². The van der Waals surface area contributed by atoms with Crippen LogP contribution in [-0.2, 0) is 14.3 Å². The molecule has 0 spiro atoms. The molecule has 1 fully saturated rings. The molecule has 0 bridgehead atoms. The first-order valence-corrected chi connectivity index (χ1v) is 12.3. The molecule has 3 aromatic rings.